The Morgan fingerprint density at radius 1 is 1.37 bits per heavy atom. The van der Waals surface area contributed by atoms with Gasteiger partial charge in [0.2, 0.25) is 0 Å². The van der Waals surface area contributed by atoms with Gasteiger partial charge in [-0.3, -0.25) is 4.79 Å². The number of thiophene rings is 1. The van der Waals surface area contributed by atoms with Crippen molar-refractivity contribution in [1.29, 1.82) is 0 Å². The zero-order chi connectivity index (χ0) is 13.8. The van der Waals surface area contributed by atoms with Crippen LogP contribution in [0, 0.1) is 5.92 Å². The molecule has 2 unspecified atom stereocenters. The zero-order valence-corrected chi connectivity index (χ0v) is 13.2. The highest BCUT2D eigenvalue weighted by Gasteiger charge is 2.19. The van der Waals surface area contributed by atoms with E-state index >= 15 is 0 Å². The number of alkyl halides is 1. The number of halogens is 1. The van der Waals surface area contributed by atoms with Crippen molar-refractivity contribution >= 4 is 28.8 Å². The number of fused-ring (bicyclic) bond motifs is 1. The number of carbonyl (C=O) groups is 1. The van der Waals surface area contributed by atoms with Crippen LogP contribution >= 0.6 is 22.9 Å². The minimum Gasteiger partial charge on any atom is -0.349 e. The Morgan fingerprint density at radius 2 is 2.11 bits per heavy atom. The summed E-state index contributed by atoms with van der Waals surface area (Å²) in [5, 5.41) is 3.06. The Morgan fingerprint density at radius 3 is 2.84 bits per heavy atom. The zero-order valence-electron chi connectivity index (χ0n) is 11.7. The highest BCUT2D eigenvalue weighted by molar-refractivity contribution is 7.14. The van der Waals surface area contributed by atoms with Crippen LogP contribution in [0.15, 0.2) is 6.07 Å². The number of amides is 1. The quantitative estimate of drug-likeness (QED) is 0.660. The summed E-state index contributed by atoms with van der Waals surface area (Å²) < 4.78 is 0. The molecule has 1 aromatic rings. The highest BCUT2D eigenvalue weighted by Crippen LogP contribution is 2.29. The molecule has 0 fully saturated rings. The Hall–Kier alpha value is -0.540. The molecule has 0 bridgehead atoms. The molecule has 4 heteroatoms. The van der Waals surface area contributed by atoms with Gasteiger partial charge in [-0.1, -0.05) is 13.3 Å². The van der Waals surface area contributed by atoms with Gasteiger partial charge in [0.15, 0.2) is 0 Å². The predicted octanol–water partition coefficient (Wildman–Crippen LogP) is 4.01. The summed E-state index contributed by atoms with van der Waals surface area (Å²) in [4.78, 5) is 14.5. The van der Waals surface area contributed by atoms with Crippen LogP contribution in [0.3, 0.4) is 0 Å². The van der Waals surface area contributed by atoms with Gasteiger partial charge in [-0.25, -0.2) is 0 Å². The molecule has 1 aromatic heterocycles. The Bertz CT molecular complexity index is 420. The molecule has 0 spiro atoms. The Balaban J connectivity index is 2.04. The van der Waals surface area contributed by atoms with Crippen molar-refractivity contribution in [2.75, 3.05) is 5.88 Å². The van der Waals surface area contributed by atoms with Crippen molar-refractivity contribution in [2.45, 2.75) is 52.0 Å². The number of hydrogen-bond acceptors (Lipinski definition) is 2. The van der Waals surface area contributed by atoms with Crippen molar-refractivity contribution in [1.82, 2.24) is 5.32 Å². The molecule has 1 aliphatic carbocycles. The third-order valence-electron chi connectivity index (χ3n) is 3.93. The first kappa shape index (κ1) is 14.9. The summed E-state index contributed by atoms with van der Waals surface area (Å²) in [5.74, 6) is 0.925. The van der Waals surface area contributed by atoms with Crippen LogP contribution in [-0.4, -0.2) is 17.8 Å². The maximum atomic E-state index is 12.2. The molecule has 2 nitrogen and oxygen atoms in total. The fourth-order valence-corrected chi connectivity index (χ4v) is 3.76. The summed E-state index contributed by atoms with van der Waals surface area (Å²) >= 11 is 7.50. The molecule has 19 heavy (non-hydrogen) atoms. The van der Waals surface area contributed by atoms with Crippen molar-refractivity contribution in [2.24, 2.45) is 5.92 Å². The monoisotopic (exact) mass is 299 g/mol. The number of nitrogens with one attached hydrogen (secondary N) is 1. The summed E-state index contributed by atoms with van der Waals surface area (Å²) in [6, 6.07) is 2.21. The van der Waals surface area contributed by atoms with Gasteiger partial charge in [0.25, 0.3) is 5.91 Å². The van der Waals surface area contributed by atoms with Crippen molar-refractivity contribution in [3.8, 4) is 0 Å². The molecule has 2 rings (SSSR count). The molecule has 1 amide bonds. The minimum absolute atomic E-state index is 0.0579. The molecular weight excluding hydrogens is 278 g/mol. The third kappa shape index (κ3) is 3.73. The van der Waals surface area contributed by atoms with Gasteiger partial charge in [0.05, 0.1) is 4.88 Å². The fourth-order valence-electron chi connectivity index (χ4n) is 2.33. The highest BCUT2D eigenvalue weighted by atomic mass is 35.5. The molecule has 2 atom stereocenters. The molecule has 1 N–H and O–H groups in total. The molecule has 0 saturated heterocycles. The number of rotatable bonds is 4. The van der Waals surface area contributed by atoms with Crippen LogP contribution in [0.4, 0.5) is 0 Å². The molecule has 0 radical (unpaired) electrons. The summed E-state index contributed by atoms with van der Waals surface area (Å²) in [7, 11) is 0. The molecule has 1 heterocycles. The van der Waals surface area contributed by atoms with Crippen LogP contribution < -0.4 is 5.32 Å². The van der Waals surface area contributed by atoms with Crippen molar-refractivity contribution in [3.05, 3.63) is 21.4 Å². The van der Waals surface area contributed by atoms with Crippen LogP contribution in [0.2, 0.25) is 0 Å². The van der Waals surface area contributed by atoms with Gasteiger partial charge >= 0.3 is 0 Å². The van der Waals surface area contributed by atoms with Gasteiger partial charge < -0.3 is 5.32 Å². The maximum absolute atomic E-state index is 12.2. The Kier molecular flexibility index (Phi) is 5.28. The third-order valence-corrected chi connectivity index (χ3v) is 5.65. The Labute approximate surface area is 124 Å². The predicted molar refractivity (Wildman–Crippen MR) is 82.4 cm³/mol. The lowest BCUT2D eigenvalue weighted by molar-refractivity contribution is 0.0935. The molecule has 106 valence electrons. The van der Waals surface area contributed by atoms with Crippen LogP contribution in [0.1, 0.15) is 53.2 Å². The number of carbonyl (C=O) groups excluding carboxylic acids is 1. The molecule has 0 aromatic carbocycles. The van der Waals surface area contributed by atoms with E-state index in [4.69, 9.17) is 11.6 Å². The van der Waals surface area contributed by atoms with E-state index in [0.29, 0.717) is 11.8 Å². The topological polar surface area (TPSA) is 29.1 Å². The second-order valence-electron chi connectivity index (χ2n) is 5.51. The summed E-state index contributed by atoms with van der Waals surface area (Å²) in [6.45, 7) is 4.07. The number of hydrogen-bond donors (Lipinski definition) is 1. The summed E-state index contributed by atoms with van der Waals surface area (Å²) in [5.41, 5.74) is 1.39. The molecule has 0 saturated carbocycles. The van der Waals surface area contributed by atoms with E-state index in [1.807, 2.05) is 6.92 Å². The second kappa shape index (κ2) is 6.76. The van der Waals surface area contributed by atoms with Crippen LogP contribution in [0.5, 0.6) is 0 Å². The standard InChI is InChI=1S/C15H22ClNOS/c1-10(9-16)11(2)17-15(18)14-8-12-6-4-3-5-7-13(12)19-14/h8,10-11H,3-7,9H2,1-2H3,(H,17,18). The largest absolute Gasteiger partial charge is 0.349 e. The first-order valence-electron chi connectivity index (χ1n) is 7.10. The van der Waals surface area contributed by atoms with E-state index in [-0.39, 0.29) is 11.9 Å². The molecule has 0 aliphatic heterocycles. The van der Waals surface area contributed by atoms with E-state index in [0.717, 1.165) is 17.7 Å². The SMILES string of the molecule is CC(CCl)C(C)NC(=O)c1cc2c(s1)CCCCC2. The lowest BCUT2D eigenvalue weighted by Gasteiger charge is -2.18. The maximum Gasteiger partial charge on any atom is 0.261 e. The van der Waals surface area contributed by atoms with Gasteiger partial charge in [-0.15, -0.1) is 22.9 Å². The molecule has 1 aliphatic rings. The first-order valence-corrected chi connectivity index (χ1v) is 8.45. The van der Waals surface area contributed by atoms with E-state index in [1.54, 1.807) is 11.3 Å². The smallest absolute Gasteiger partial charge is 0.261 e. The lowest BCUT2D eigenvalue weighted by atomic mass is 10.1. The first-order chi connectivity index (χ1) is 9.11. The lowest BCUT2D eigenvalue weighted by Crippen LogP contribution is -2.37. The van der Waals surface area contributed by atoms with Crippen molar-refractivity contribution in [3.63, 3.8) is 0 Å². The van der Waals surface area contributed by atoms with E-state index in [2.05, 4.69) is 18.3 Å². The average Bonchev–Trinajstić information content (AvgIpc) is 2.69. The number of aryl methyl sites for hydroxylation is 2. The van der Waals surface area contributed by atoms with Gasteiger partial charge in [0, 0.05) is 16.8 Å². The fraction of sp³-hybridized carbons (Fsp3) is 0.667. The van der Waals surface area contributed by atoms with Crippen molar-refractivity contribution < 1.29 is 4.79 Å². The normalized spacial score (nSPS) is 18.3. The van der Waals surface area contributed by atoms with E-state index < -0.39 is 0 Å². The minimum atomic E-state index is 0.0579. The second-order valence-corrected chi connectivity index (χ2v) is 6.96. The summed E-state index contributed by atoms with van der Waals surface area (Å²) in [6.07, 6.45) is 6.10. The van der Waals surface area contributed by atoms with Crippen LogP contribution in [0.25, 0.3) is 0 Å². The van der Waals surface area contributed by atoms with E-state index in [9.17, 15) is 4.79 Å². The van der Waals surface area contributed by atoms with Crippen LogP contribution in [-0.2, 0) is 12.8 Å². The van der Waals surface area contributed by atoms with E-state index in [1.165, 1.54) is 29.7 Å². The van der Waals surface area contributed by atoms with Gasteiger partial charge in [-0.05, 0) is 50.2 Å². The van der Waals surface area contributed by atoms with Gasteiger partial charge in [-0.2, -0.15) is 0 Å². The van der Waals surface area contributed by atoms with Gasteiger partial charge in [0.1, 0.15) is 0 Å². The molecular formula is C15H22ClNOS. The average molecular weight is 300 g/mol.